The van der Waals surface area contributed by atoms with Crippen molar-refractivity contribution < 1.29 is 32.9 Å². The van der Waals surface area contributed by atoms with Crippen LogP contribution in [0.4, 0.5) is 13.2 Å². The van der Waals surface area contributed by atoms with E-state index in [1.807, 2.05) is 54.6 Å². The zero-order valence-electron chi connectivity index (χ0n) is 14.8. The van der Waals surface area contributed by atoms with Gasteiger partial charge >= 0.3 is 12.1 Å². The zero-order chi connectivity index (χ0) is 21.2. The van der Waals surface area contributed by atoms with Crippen LogP contribution in [-0.4, -0.2) is 35.5 Å². The lowest BCUT2D eigenvalue weighted by molar-refractivity contribution is -0.192. The third kappa shape index (κ3) is 8.26. The number of alkyl halides is 3. The lowest BCUT2D eigenvalue weighted by Gasteiger charge is -2.28. The first-order chi connectivity index (χ1) is 13.1. The molecular weight excluding hydrogens is 399 g/mol. The van der Waals surface area contributed by atoms with E-state index in [1.54, 1.807) is 0 Å². The van der Waals surface area contributed by atoms with Gasteiger partial charge in [-0.05, 0) is 36.2 Å². The number of aliphatic carboxylic acids is 1. The molecule has 5 nitrogen and oxygen atoms in total. The van der Waals surface area contributed by atoms with Crippen LogP contribution < -0.4 is 5.73 Å². The average Bonchev–Trinajstić information content (AvgIpc) is 2.64. The number of benzene rings is 2. The van der Waals surface area contributed by atoms with Gasteiger partial charge in [-0.25, -0.2) is 4.79 Å². The van der Waals surface area contributed by atoms with Crippen LogP contribution in [0.5, 0.6) is 0 Å². The molecule has 0 aliphatic carbocycles. The number of carbonyl (C=O) groups is 1. The predicted molar refractivity (Wildman–Crippen MR) is 98.8 cm³/mol. The van der Waals surface area contributed by atoms with Crippen LogP contribution in [0.15, 0.2) is 54.6 Å². The molecule has 1 atom stereocenters. The number of carboxylic acid groups (broad SMARTS) is 1. The number of carboxylic acids is 1. The molecule has 0 aromatic heterocycles. The van der Waals surface area contributed by atoms with Gasteiger partial charge in [0.1, 0.15) is 5.60 Å². The second-order valence-electron chi connectivity index (χ2n) is 5.86. The van der Waals surface area contributed by atoms with Gasteiger partial charge in [0.15, 0.2) is 0 Å². The first kappa shape index (κ1) is 23.9. The van der Waals surface area contributed by atoms with Gasteiger partial charge in [0.05, 0.1) is 13.2 Å². The number of nitrogens with two attached hydrogens (primary N) is 1. The van der Waals surface area contributed by atoms with Crippen molar-refractivity contribution >= 4 is 17.6 Å². The number of halogens is 4. The van der Waals surface area contributed by atoms with E-state index in [1.165, 1.54) is 0 Å². The van der Waals surface area contributed by atoms with E-state index in [0.29, 0.717) is 24.6 Å². The summed E-state index contributed by atoms with van der Waals surface area (Å²) in [5.74, 6) is -2.76. The number of aliphatic hydroxyl groups is 1. The molecule has 0 saturated heterocycles. The number of hydrogen-bond acceptors (Lipinski definition) is 4. The molecule has 0 amide bonds. The van der Waals surface area contributed by atoms with Crippen molar-refractivity contribution in [1.29, 1.82) is 0 Å². The Labute approximate surface area is 165 Å². The fraction of sp³-hybridized carbons (Fsp3) is 0.316. The first-order valence-corrected chi connectivity index (χ1v) is 8.56. The second-order valence-corrected chi connectivity index (χ2v) is 6.29. The molecule has 2 aromatic rings. The molecule has 28 heavy (non-hydrogen) atoms. The van der Waals surface area contributed by atoms with E-state index >= 15 is 0 Å². The van der Waals surface area contributed by atoms with Gasteiger partial charge in [0, 0.05) is 5.02 Å². The SMILES string of the molecule is NCCC(O)(COCc1ccc(Cl)cc1)c1ccccc1.O=C(O)C(F)(F)F. The van der Waals surface area contributed by atoms with Gasteiger partial charge in [-0.3, -0.25) is 0 Å². The van der Waals surface area contributed by atoms with E-state index in [4.69, 9.17) is 32.0 Å². The van der Waals surface area contributed by atoms with Gasteiger partial charge in [0.25, 0.3) is 0 Å². The summed E-state index contributed by atoms with van der Waals surface area (Å²) in [6.07, 6.45) is -4.63. The highest BCUT2D eigenvalue weighted by Crippen LogP contribution is 2.25. The highest BCUT2D eigenvalue weighted by atomic mass is 35.5. The first-order valence-electron chi connectivity index (χ1n) is 8.19. The maximum atomic E-state index is 10.8. The van der Waals surface area contributed by atoms with E-state index in [0.717, 1.165) is 11.1 Å². The average molecular weight is 420 g/mol. The fourth-order valence-corrected chi connectivity index (χ4v) is 2.33. The minimum Gasteiger partial charge on any atom is -0.475 e. The molecule has 0 radical (unpaired) electrons. The van der Waals surface area contributed by atoms with Gasteiger partial charge in [0.2, 0.25) is 0 Å². The van der Waals surface area contributed by atoms with E-state index in [9.17, 15) is 18.3 Å². The largest absolute Gasteiger partial charge is 0.490 e. The van der Waals surface area contributed by atoms with Crippen LogP contribution in [-0.2, 0) is 21.7 Å². The van der Waals surface area contributed by atoms with Crippen molar-refractivity contribution in [2.75, 3.05) is 13.2 Å². The number of ether oxygens (including phenoxy) is 1. The molecule has 2 aromatic carbocycles. The number of hydrogen-bond donors (Lipinski definition) is 3. The van der Waals surface area contributed by atoms with Gasteiger partial charge in [-0.15, -0.1) is 0 Å². The lowest BCUT2D eigenvalue weighted by atomic mass is 9.91. The molecule has 0 aliphatic rings. The summed E-state index contributed by atoms with van der Waals surface area (Å²) in [5.41, 5.74) is 6.41. The minimum atomic E-state index is -5.08. The zero-order valence-corrected chi connectivity index (χ0v) is 15.6. The molecule has 0 bridgehead atoms. The summed E-state index contributed by atoms with van der Waals surface area (Å²) in [6, 6.07) is 17.0. The van der Waals surface area contributed by atoms with Crippen LogP contribution in [0.25, 0.3) is 0 Å². The maximum absolute atomic E-state index is 10.8. The third-order valence-corrected chi connectivity index (χ3v) is 3.89. The normalized spacial score (nSPS) is 13.2. The summed E-state index contributed by atoms with van der Waals surface area (Å²) in [6.45, 7) is 1.03. The van der Waals surface area contributed by atoms with Gasteiger partial charge < -0.3 is 20.7 Å². The van der Waals surface area contributed by atoms with Crippen molar-refractivity contribution in [3.8, 4) is 0 Å². The lowest BCUT2D eigenvalue weighted by Crippen LogP contribution is -2.34. The summed E-state index contributed by atoms with van der Waals surface area (Å²) in [5, 5.41) is 18.6. The van der Waals surface area contributed by atoms with Crippen molar-refractivity contribution in [3.63, 3.8) is 0 Å². The van der Waals surface area contributed by atoms with Crippen LogP contribution in [0.2, 0.25) is 5.02 Å². The molecule has 1 unspecified atom stereocenters. The molecule has 0 heterocycles. The Morgan fingerprint density at radius 3 is 2.07 bits per heavy atom. The topological polar surface area (TPSA) is 92.8 Å². The maximum Gasteiger partial charge on any atom is 0.490 e. The predicted octanol–water partition coefficient (Wildman–Crippen LogP) is 3.73. The molecule has 0 fully saturated rings. The Bertz CT molecular complexity index is 726. The standard InChI is InChI=1S/C17H20ClNO2.C2HF3O2/c18-16-8-6-14(7-9-16)12-21-13-17(20,10-11-19)15-4-2-1-3-5-15;3-2(4,5)1(6)7/h1-9,20H,10-13,19H2;(H,6,7). The Morgan fingerprint density at radius 2 is 1.61 bits per heavy atom. The molecule has 0 saturated carbocycles. The van der Waals surface area contributed by atoms with Crippen LogP contribution in [0, 0.1) is 0 Å². The van der Waals surface area contributed by atoms with E-state index in [2.05, 4.69) is 0 Å². The Morgan fingerprint density at radius 1 is 1.07 bits per heavy atom. The monoisotopic (exact) mass is 419 g/mol. The van der Waals surface area contributed by atoms with Crippen molar-refractivity contribution in [1.82, 2.24) is 0 Å². The molecule has 4 N–H and O–H groups in total. The van der Waals surface area contributed by atoms with E-state index < -0.39 is 17.7 Å². The Balaban J connectivity index is 0.000000480. The quantitative estimate of drug-likeness (QED) is 0.636. The molecule has 154 valence electrons. The second kappa shape index (κ2) is 11.0. The summed E-state index contributed by atoms with van der Waals surface area (Å²) < 4.78 is 37.4. The van der Waals surface area contributed by atoms with Gasteiger partial charge in [-0.2, -0.15) is 13.2 Å². The third-order valence-electron chi connectivity index (χ3n) is 3.63. The molecule has 0 aliphatic heterocycles. The van der Waals surface area contributed by atoms with Gasteiger partial charge in [-0.1, -0.05) is 54.1 Å². The summed E-state index contributed by atoms with van der Waals surface area (Å²) >= 11 is 5.84. The van der Waals surface area contributed by atoms with Crippen LogP contribution >= 0.6 is 11.6 Å². The fourth-order valence-electron chi connectivity index (χ4n) is 2.21. The smallest absolute Gasteiger partial charge is 0.475 e. The molecular formula is C19H21ClF3NO4. The molecule has 9 heteroatoms. The summed E-state index contributed by atoms with van der Waals surface area (Å²) in [4.78, 5) is 8.90. The highest BCUT2D eigenvalue weighted by Gasteiger charge is 2.38. The Hall–Kier alpha value is -2.13. The highest BCUT2D eigenvalue weighted by molar-refractivity contribution is 6.30. The Kier molecular flexibility index (Phi) is 9.40. The van der Waals surface area contributed by atoms with Crippen molar-refractivity contribution in [2.45, 2.75) is 24.8 Å². The summed E-state index contributed by atoms with van der Waals surface area (Å²) in [7, 11) is 0. The van der Waals surface area contributed by atoms with Crippen molar-refractivity contribution in [3.05, 3.63) is 70.7 Å². The van der Waals surface area contributed by atoms with Crippen LogP contribution in [0.1, 0.15) is 17.5 Å². The minimum absolute atomic E-state index is 0.205. The number of rotatable bonds is 7. The van der Waals surface area contributed by atoms with E-state index in [-0.39, 0.29) is 6.61 Å². The molecule has 0 spiro atoms. The van der Waals surface area contributed by atoms with Crippen LogP contribution in [0.3, 0.4) is 0 Å². The molecule has 2 rings (SSSR count). The van der Waals surface area contributed by atoms with Crippen molar-refractivity contribution in [2.24, 2.45) is 5.73 Å².